The summed E-state index contributed by atoms with van der Waals surface area (Å²) >= 11 is 1.63. The molecule has 0 radical (unpaired) electrons. The first-order chi connectivity index (χ1) is 12.6. The largest absolute Gasteiger partial charge is 0.302 e. The summed E-state index contributed by atoms with van der Waals surface area (Å²) in [4.78, 5) is 13.5. The van der Waals surface area contributed by atoms with Crippen LogP contribution in [0.15, 0.2) is 17.8 Å². The Balaban J connectivity index is 1.35. The van der Waals surface area contributed by atoms with Crippen molar-refractivity contribution in [2.75, 3.05) is 0 Å². The molecule has 1 atom stereocenters. The van der Waals surface area contributed by atoms with Crippen LogP contribution in [0, 0.1) is 23.2 Å². The molecule has 0 spiro atoms. The Morgan fingerprint density at radius 2 is 1.85 bits per heavy atom. The molecule has 5 aliphatic rings. The van der Waals surface area contributed by atoms with Crippen LogP contribution in [0.4, 0.5) is 0 Å². The van der Waals surface area contributed by atoms with E-state index < -0.39 is 0 Å². The van der Waals surface area contributed by atoms with Crippen molar-refractivity contribution in [2.24, 2.45) is 23.2 Å². The highest BCUT2D eigenvalue weighted by atomic mass is 32.2. The molecule has 0 aliphatic heterocycles. The van der Waals surface area contributed by atoms with Crippen molar-refractivity contribution in [3.05, 3.63) is 18.5 Å². The van der Waals surface area contributed by atoms with Crippen LogP contribution in [0.25, 0.3) is 0 Å². The number of aromatic nitrogens is 3. The van der Waals surface area contributed by atoms with E-state index in [0.717, 1.165) is 54.5 Å². The predicted octanol–water partition coefficient (Wildman–Crippen LogP) is 4.61. The Morgan fingerprint density at radius 1 is 1.23 bits per heavy atom. The number of allylic oxidation sites excluding steroid dienone is 1. The number of carbonyl (C=O) groups excluding carboxylic acids is 1. The van der Waals surface area contributed by atoms with Gasteiger partial charge in [0.25, 0.3) is 0 Å². The summed E-state index contributed by atoms with van der Waals surface area (Å²) in [5.74, 6) is 4.57. The van der Waals surface area contributed by atoms with Crippen molar-refractivity contribution < 1.29 is 4.79 Å². The molecule has 1 unspecified atom stereocenters. The zero-order valence-electron chi connectivity index (χ0n) is 15.7. The second-order valence-electron chi connectivity index (χ2n) is 9.34. The second kappa shape index (κ2) is 6.22. The standard InChI is InChI=1S/C21H29N3OS/c1-3-6-24-19(17-4-5-17)22-23-20(24)26-13(2)18(25)21-10-14-7-15(11-21)9-16(8-14)12-21/h3,13-17H,1,4-12H2,2H3. The summed E-state index contributed by atoms with van der Waals surface area (Å²) in [6.45, 7) is 6.71. The van der Waals surface area contributed by atoms with Gasteiger partial charge in [-0.05, 0) is 76.0 Å². The van der Waals surface area contributed by atoms with E-state index >= 15 is 0 Å². The molecule has 5 aliphatic carbocycles. The molecule has 1 aromatic heterocycles. The third-order valence-electron chi connectivity index (χ3n) is 7.21. The van der Waals surface area contributed by atoms with Gasteiger partial charge in [-0.3, -0.25) is 4.79 Å². The fourth-order valence-corrected chi connectivity index (χ4v) is 7.44. The number of hydrogen-bond acceptors (Lipinski definition) is 4. The lowest BCUT2D eigenvalue weighted by atomic mass is 9.48. The van der Waals surface area contributed by atoms with E-state index in [1.807, 2.05) is 6.08 Å². The SMILES string of the molecule is C=CCn1c(SC(C)C(=O)C23CC4CC(CC(C4)C2)C3)nnc1C1CC1. The van der Waals surface area contributed by atoms with Crippen LogP contribution in [-0.2, 0) is 11.3 Å². The van der Waals surface area contributed by atoms with E-state index in [-0.39, 0.29) is 10.7 Å². The Hall–Kier alpha value is -1.10. The zero-order valence-corrected chi connectivity index (χ0v) is 16.5. The van der Waals surface area contributed by atoms with Crippen molar-refractivity contribution >= 4 is 17.5 Å². The molecule has 4 nitrogen and oxygen atoms in total. The van der Waals surface area contributed by atoms with Crippen molar-refractivity contribution in [2.45, 2.75) is 81.2 Å². The molecule has 0 saturated heterocycles. The van der Waals surface area contributed by atoms with E-state index in [0.29, 0.717) is 11.7 Å². The topological polar surface area (TPSA) is 47.8 Å². The third kappa shape index (κ3) is 2.78. The minimum Gasteiger partial charge on any atom is -0.302 e. The van der Waals surface area contributed by atoms with Crippen LogP contribution in [0.5, 0.6) is 0 Å². The summed E-state index contributed by atoms with van der Waals surface area (Å²) in [5.41, 5.74) is -0.0240. The van der Waals surface area contributed by atoms with Gasteiger partial charge < -0.3 is 4.57 Å². The number of carbonyl (C=O) groups is 1. The molecule has 6 rings (SSSR count). The normalized spacial score (nSPS) is 36.3. The average molecular weight is 372 g/mol. The molecular formula is C21H29N3OS. The number of nitrogens with zero attached hydrogens (tertiary/aromatic N) is 3. The number of Topliss-reactive ketones (excluding diaryl/α,β-unsaturated/α-hetero) is 1. The lowest BCUT2D eigenvalue weighted by molar-refractivity contribution is -0.142. The van der Waals surface area contributed by atoms with Gasteiger partial charge in [0.2, 0.25) is 0 Å². The van der Waals surface area contributed by atoms with E-state index in [1.165, 1.54) is 32.1 Å². The molecular weight excluding hydrogens is 342 g/mol. The molecule has 140 valence electrons. The van der Waals surface area contributed by atoms with E-state index in [1.54, 1.807) is 11.8 Å². The maximum Gasteiger partial charge on any atom is 0.192 e. The fraction of sp³-hybridized carbons (Fsp3) is 0.762. The molecule has 4 bridgehead atoms. The van der Waals surface area contributed by atoms with Gasteiger partial charge in [0.15, 0.2) is 10.9 Å². The summed E-state index contributed by atoms with van der Waals surface area (Å²) in [6, 6.07) is 0. The minimum absolute atomic E-state index is 0.0240. The van der Waals surface area contributed by atoms with Gasteiger partial charge in [-0.1, -0.05) is 17.8 Å². The van der Waals surface area contributed by atoms with Crippen LogP contribution >= 0.6 is 11.8 Å². The van der Waals surface area contributed by atoms with Gasteiger partial charge in [-0.15, -0.1) is 16.8 Å². The first kappa shape index (κ1) is 17.0. The third-order valence-corrected chi connectivity index (χ3v) is 8.29. The van der Waals surface area contributed by atoms with E-state index in [2.05, 4.69) is 28.3 Å². The fourth-order valence-electron chi connectivity index (χ4n) is 6.39. The van der Waals surface area contributed by atoms with Crippen molar-refractivity contribution in [1.82, 2.24) is 14.8 Å². The van der Waals surface area contributed by atoms with Gasteiger partial charge in [0.1, 0.15) is 5.82 Å². The molecule has 0 aromatic carbocycles. The zero-order chi connectivity index (χ0) is 17.9. The van der Waals surface area contributed by atoms with Crippen LogP contribution in [-0.4, -0.2) is 25.8 Å². The highest BCUT2D eigenvalue weighted by Gasteiger charge is 2.55. The summed E-state index contributed by atoms with van der Waals surface area (Å²) in [6.07, 6.45) is 11.9. The van der Waals surface area contributed by atoms with Crippen LogP contribution in [0.2, 0.25) is 0 Å². The monoisotopic (exact) mass is 371 g/mol. The van der Waals surface area contributed by atoms with Crippen LogP contribution in [0.1, 0.15) is 70.0 Å². The van der Waals surface area contributed by atoms with Gasteiger partial charge in [-0.25, -0.2) is 0 Å². The van der Waals surface area contributed by atoms with Gasteiger partial charge >= 0.3 is 0 Å². The number of thioether (sulfide) groups is 1. The minimum atomic E-state index is -0.0360. The lowest BCUT2D eigenvalue weighted by Gasteiger charge is -2.56. The molecule has 26 heavy (non-hydrogen) atoms. The molecule has 5 heteroatoms. The van der Waals surface area contributed by atoms with Crippen molar-refractivity contribution in [3.8, 4) is 0 Å². The smallest absolute Gasteiger partial charge is 0.192 e. The van der Waals surface area contributed by atoms with Crippen molar-refractivity contribution in [1.29, 1.82) is 0 Å². The van der Waals surface area contributed by atoms with Crippen LogP contribution in [0.3, 0.4) is 0 Å². The Morgan fingerprint density at radius 3 is 2.38 bits per heavy atom. The second-order valence-corrected chi connectivity index (χ2v) is 10.6. The summed E-state index contributed by atoms with van der Waals surface area (Å²) in [5, 5.41) is 9.74. The molecule has 1 heterocycles. The maximum absolute atomic E-state index is 13.5. The lowest BCUT2D eigenvalue weighted by Crippen LogP contribution is -2.51. The quantitative estimate of drug-likeness (QED) is 0.519. The Kier molecular flexibility index (Phi) is 4.07. The Labute approximate surface area is 160 Å². The highest BCUT2D eigenvalue weighted by molar-refractivity contribution is 8.00. The first-order valence-electron chi connectivity index (χ1n) is 10.3. The summed E-state index contributed by atoms with van der Waals surface area (Å²) in [7, 11) is 0. The average Bonchev–Trinajstić information content (AvgIpc) is 3.37. The van der Waals surface area contributed by atoms with Gasteiger partial charge in [-0.2, -0.15) is 0 Å². The molecule has 0 amide bonds. The first-order valence-corrected chi connectivity index (χ1v) is 11.2. The van der Waals surface area contributed by atoms with Gasteiger partial charge in [0, 0.05) is 17.9 Å². The highest BCUT2D eigenvalue weighted by Crippen LogP contribution is 2.61. The number of ketones is 1. The Bertz CT molecular complexity index is 700. The molecule has 5 saturated carbocycles. The molecule has 1 aromatic rings. The van der Waals surface area contributed by atoms with Crippen molar-refractivity contribution in [3.63, 3.8) is 0 Å². The summed E-state index contributed by atoms with van der Waals surface area (Å²) < 4.78 is 2.18. The van der Waals surface area contributed by atoms with Gasteiger partial charge in [0.05, 0.1) is 5.25 Å². The molecule has 0 N–H and O–H groups in total. The van der Waals surface area contributed by atoms with Crippen LogP contribution < -0.4 is 0 Å². The predicted molar refractivity (Wildman–Crippen MR) is 103 cm³/mol. The molecule has 5 fully saturated rings. The van der Waals surface area contributed by atoms with E-state index in [4.69, 9.17) is 0 Å². The maximum atomic E-state index is 13.5. The number of rotatable bonds is 7. The number of hydrogen-bond donors (Lipinski definition) is 0. The van der Waals surface area contributed by atoms with E-state index in [9.17, 15) is 4.79 Å².